The summed E-state index contributed by atoms with van der Waals surface area (Å²) in [4.78, 5) is 0. The van der Waals surface area contributed by atoms with Gasteiger partial charge in [-0.05, 0) is 49.8 Å². The molecule has 0 aliphatic heterocycles. The maximum atomic E-state index is 6.04. The van der Waals surface area contributed by atoms with Gasteiger partial charge in [0.1, 0.15) is 5.75 Å². The lowest BCUT2D eigenvalue weighted by Gasteiger charge is -2.12. The molecule has 2 nitrogen and oxygen atoms in total. The molecule has 1 aromatic rings. The first-order chi connectivity index (χ1) is 8.31. The largest absolute Gasteiger partial charge is 0.493 e. The maximum absolute atomic E-state index is 6.04. The van der Waals surface area contributed by atoms with Gasteiger partial charge in [0.25, 0.3) is 0 Å². The second kappa shape index (κ2) is 4.87. The molecule has 0 atom stereocenters. The molecule has 0 heterocycles. The van der Waals surface area contributed by atoms with Crippen molar-refractivity contribution in [1.82, 2.24) is 5.32 Å². The highest BCUT2D eigenvalue weighted by molar-refractivity contribution is 6.30. The van der Waals surface area contributed by atoms with E-state index < -0.39 is 0 Å². The Hall–Kier alpha value is -0.730. The summed E-state index contributed by atoms with van der Waals surface area (Å²) < 4.78 is 5.87. The first kappa shape index (κ1) is 11.4. The van der Waals surface area contributed by atoms with Crippen molar-refractivity contribution in [3.05, 3.63) is 28.8 Å². The number of hydrogen-bond donors (Lipinski definition) is 1. The molecule has 0 aromatic heterocycles. The molecule has 1 aromatic carbocycles. The Morgan fingerprint density at radius 2 is 2.06 bits per heavy atom. The molecule has 2 aliphatic rings. The van der Waals surface area contributed by atoms with Crippen LogP contribution in [-0.2, 0) is 6.54 Å². The number of halogens is 1. The minimum Gasteiger partial charge on any atom is -0.493 e. The van der Waals surface area contributed by atoms with Crippen LogP contribution in [-0.4, -0.2) is 12.6 Å². The van der Waals surface area contributed by atoms with Gasteiger partial charge in [-0.1, -0.05) is 11.6 Å². The van der Waals surface area contributed by atoms with Gasteiger partial charge >= 0.3 is 0 Å². The Morgan fingerprint density at radius 3 is 2.76 bits per heavy atom. The Bertz CT molecular complexity index is 399. The van der Waals surface area contributed by atoms with E-state index in [1.807, 2.05) is 18.2 Å². The summed E-state index contributed by atoms with van der Waals surface area (Å²) in [6.07, 6.45) is 5.25. The molecule has 0 bridgehead atoms. The van der Waals surface area contributed by atoms with E-state index in [1.54, 1.807) is 0 Å². The topological polar surface area (TPSA) is 21.3 Å². The van der Waals surface area contributed by atoms with Crippen molar-refractivity contribution in [1.29, 1.82) is 0 Å². The zero-order valence-corrected chi connectivity index (χ0v) is 10.7. The van der Waals surface area contributed by atoms with Gasteiger partial charge in [-0.3, -0.25) is 0 Å². The van der Waals surface area contributed by atoms with Crippen LogP contribution in [0, 0.1) is 5.92 Å². The van der Waals surface area contributed by atoms with E-state index in [0.29, 0.717) is 6.04 Å². The summed E-state index contributed by atoms with van der Waals surface area (Å²) >= 11 is 6.04. The van der Waals surface area contributed by atoms with Crippen molar-refractivity contribution < 1.29 is 4.74 Å². The fraction of sp³-hybridized carbons (Fsp3) is 0.571. The molecule has 0 radical (unpaired) electrons. The minimum absolute atomic E-state index is 0.713. The predicted octanol–water partition coefficient (Wildman–Crippen LogP) is 3.38. The third kappa shape index (κ3) is 3.36. The van der Waals surface area contributed by atoms with Crippen LogP contribution in [0.1, 0.15) is 31.2 Å². The zero-order valence-electron chi connectivity index (χ0n) is 9.92. The maximum Gasteiger partial charge on any atom is 0.123 e. The molecule has 0 amide bonds. The van der Waals surface area contributed by atoms with Gasteiger partial charge < -0.3 is 10.1 Å². The molecule has 3 heteroatoms. The molecule has 2 aliphatic carbocycles. The third-order valence-electron chi connectivity index (χ3n) is 3.35. The van der Waals surface area contributed by atoms with Gasteiger partial charge in [-0.25, -0.2) is 0 Å². The van der Waals surface area contributed by atoms with Gasteiger partial charge in [0, 0.05) is 23.2 Å². The SMILES string of the molecule is Clc1ccc(OCC2CC2)c(CNC2CC2)c1. The molecule has 0 saturated heterocycles. The standard InChI is InChI=1S/C14H18ClNO/c15-12-3-6-14(17-9-10-1-2-10)11(7-12)8-16-13-4-5-13/h3,6-7,10,13,16H,1-2,4-5,8-9H2. The summed E-state index contributed by atoms with van der Waals surface area (Å²) in [5.74, 6) is 1.78. The van der Waals surface area contributed by atoms with Crippen molar-refractivity contribution in [3.8, 4) is 5.75 Å². The first-order valence-electron chi connectivity index (χ1n) is 6.46. The van der Waals surface area contributed by atoms with Crippen molar-refractivity contribution >= 4 is 11.6 Å². The Balaban J connectivity index is 1.64. The smallest absolute Gasteiger partial charge is 0.123 e. The average Bonchev–Trinajstić information content (AvgIpc) is 3.18. The molecule has 1 N–H and O–H groups in total. The van der Waals surface area contributed by atoms with Crippen LogP contribution < -0.4 is 10.1 Å². The molecule has 2 saturated carbocycles. The van der Waals surface area contributed by atoms with Crippen LogP contribution in [0.4, 0.5) is 0 Å². The Kier molecular flexibility index (Phi) is 3.26. The van der Waals surface area contributed by atoms with Gasteiger partial charge in [-0.2, -0.15) is 0 Å². The summed E-state index contributed by atoms with van der Waals surface area (Å²) in [5.41, 5.74) is 1.19. The molecule has 17 heavy (non-hydrogen) atoms. The lowest BCUT2D eigenvalue weighted by molar-refractivity contribution is 0.296. The van der Waals surface area contributed by atoms with Crippen molar-refractivity contribution in [2.45, 2.75) is 38.3 Å². The predicted molar refractivity (Wildman–Crippen MR) is 69.5 cm³/mol. The van der Waals surface area contributed by atoms with Crippen molar-refractivity contribution in [2.75, 3.05) is 6.61 Å². The molecule has 0 unspecified atom stereocenters. The zero-order chi connectivity index (χ0) is 11.7. The number of nitrogens with one attached hydrogen (secondary N) is 1. The highest BCUT2D eigenvalue weighted by atomic mass is 35.5. The summed E-state index contributed by atoms with van der Waals surface area (Å²) in [7, 11) is 0. The van der Waals surface area contributed by atoms with E-state index >= 15 is 0 Å². The number of hydrogen-bond acceptors (Lipinski definition) is 2. The lowest BCUT2D eigenvalue weighted by atomic mass is 10.2. The van der Waals surface area contributed by atoms with Crippen molar-refractivity contribution in [2.24, 2.45) is 5.92 Å². The Morgan fingerprint density at radius 1 is 1.24 bits per heavy atom. The van der Waals surface area contributed by atoms with E-state index in [2.05, 4.69) is 5.32 Å². The van der Waals surface area contributed by atoms with Crippen LogP contribution in [0.5, 0.6) is 5.75 Å². The number of ether oxygens (including phenoxy) is 1. The number of rotatable bonds is 6. The molecule has 0 spiro atoms. The van der Waals surface area contributed by atoms with Crippen LogP contribution in [0.2, 0.25) is 5.02 Å². The highest BCUT2D eigenvalue weighted by Crippen LogP contribution is 2.31. The monoisotopic (exact) mass is 251 g/mol. The van der Waals surface area contributed by atoms with Crippen LogP contribution >= 0.6 is 11.6 Å². The van der Waals surface area contributed by atoms with Crippen LogP contribution in [0.3, 0.4) is 0 Å². The highest BCUT2D eigenvalue weighted by Gasteiger charge is 2.23. The quantitative estimate of drug-likeness (QED) is 0.837. The van der Waals surface area contributed by atoms with Gasteiger partial charge in [0.15, 0.2) is 0 Å². The lowest BCUT2D eigenvalue weighted by Crippen LogP contribution is -2.16. The van der Waals surface area contributed by atoms with E-state index in [4.69, 9.17) is 16.3 Å². The average molecular weight is 252 g/mol. The molecule has 2 fully saturated rings. The van der Waals surface area contributed by atoms with Gasteiger partial charge in [-0.15, -0.1) is 0 Å². The van der Waals surface area contributed by atoms with Crippen LogP contribution in [0.25, 0.3) is 0 Å². The van der Waals surface area contributed by atoms with E-state index in [0.717, 1.165) is 29.8 Å². The minimum atomic E-state index is 0.713. The Labute approximate surface area is 107 Å². The number of benzene rings is 1. The van der Waals surface area contributed by atoms with E-state index in [1.165, 1.54) is 31.2 Å². The molecule has 92 valence electrons. The second-order valence-electron chi connectivity index (χ2n) is 5.16. The summed E-state index contributed by atoms with van der Waals surface area (Å²) in [6, 6.07) is 6.63. The first-order valence-corrected chi connectivity index (χ1v) is 6.83. The third-order valence-corrected chi connectivity index (χ3v) is 3.59. The van der Waals surface area contributed by atoms with Gasteiger partial charge in [0.2, 0.25) is 0 Å². The van der Waals surface area contributed by atoms with Crippen LogP contribution in [0.15, 0.2) is 18.2 Å². The van der Waals surface area contributed by atoms with E-state index in [9.17, 15) is 0 Å². The normalized spacial score (nSPS) is 19.4. The fourth-order valence-electron chi connectivity index (χ4n) is 1.86. The molecule has 3 rings (SSSR count). The summed E-state index contributed by atoms with van der Waals surface area (Å²) in [5, 5.41) is 4.29. The fourth-order valence-corrected chi connectivity index (χ4v) is 2.06. The second-order valence-corrected chi connectivity index (χ2v) is 5.60. The summed E-state index contributed by atoms with van der Waals surface area (Å²) in [6.45, 7) is 1.73. The van der Waals surface area contributed by atoms with E-state index in [-0.39, 0.29) is 0 Å². The molecular formula is C14H18ClNO. The van der Waals surface area contributed by atoms with Crippen molar-refractivity contribution in [3.63, 3.8) is 0 Å². The molecular weight excluding hydrogens is 234 g/mol. The van der Waals surface area contributed by atoms with Gasteiger partial charge in [0.05, 0.1) is 6.61 Å².